The van der Waals surface area contributed by atoms with Crippen LogP contribution in [0.2, 0.25) is 0 Å². The Morgan fingerprint density at radius 1 is 1.53 bits per heavy atom. The summed E-state index contributed by atoms with van der Waals surface area (Å²) >= 11 is 0. The maximum Gasteiger partial charge on any atom is 0.326 e. The highest BCUT2D eigenvalue weighted by Gasteiger charge is 2.17. The van der Waals surface area contributed by atoms with Gasteiger partial charge in [-0.05, 0) is 12.8 Å². The Labute approximate surface area is 88.5 Å². The maximum absolute atomic E-state index is 10.7. The van der Waals surface area contributed by atoms with Gasteiger partial charge in [-0.3, -0.25) is 4.79 Å². The minimum Gasteiger partial charge on any atom is -0.480 e. The Morgan fingerprint density at radius 2 is 2.13 bits per heavy atom. The number of carboxylic acid groups (broad SMARTS) is 1. The first-order valence-corrected chi connectivity index (χ1v) is 4.61. The van der Waals surface area contributed by atoms with Gasteiger partial charge in [0.1, 0.15) is 6.04 Å². The lowest BCUT2D eigenvalue weighted by Crippen LogP contribution is -2.40. The molecule has 6 heteroatoms. The number of carbonyl (C=O) groups excluding carboxylic acids is 1. The van der Waals surface area contributed by atoms with Gasteiger partial charge < -0.3 is 21.5 Å². The van der Waals surface area contributed by atoms with Crippen LogP contribution in [0.3, 0.4) is 0 Å². The lowest BCUT2D eigenvalue weighted by atomic mass is 10.1. The van der Waals surface area contributed by atoms with Crippen LogP contribution in [0.25, 0.3) is 0 Å². The first-order chi connectivity index (χ1) is 6.93. The first kappa shape index (κ1) is 13.3. The molecule has 0 saturated carbocycles. The van der Waals surface area contributed by atoms with E-state index in [9.17, 15) is 9.59 Å². The molecule has 6 nitrogen and oxygen atoms in total. The summed E-state index contributed by atoms with van der Waals surface area (Å²) in [7, 11) is 0. The molecular weight excluding hydrogens is 198 g/mol. The van der Waals surface area contributed by atoms with Crippen molar-refractivity contribution in [2.24, 2.45) is 5.73 Å². The predicted molar refractivity (Wildman–Crippen MR) is 55.8 cm³/mol. The maximum atomic E-state index is 10.7. The second kappa shape index (κ2) is 6.69. The predicted octanol–water partition coefficient (Wildman–Crippen LogP) is -0.625. The molecule has 0 saturated heterocycles. The summed E-state index contributed by atoms with van der Waals surface area (Å²) in [6.07, 6.45) is 0.947. The zero-order valence-corrected chi connectivity index (χ0v) is 8.75. The van der Waals surface area contributed by atoms with Crippen LogP contribution in [0, 0.1) is 0 Å². The summed E-state index contributed by atoms with van der Waals surface area (Å²) in [5.41, 5.74) is 5.26. The van der Waals surface area contributed by atoms with Crippen molar-refractivity contribution in [1.29, 1.82) is 0 Å². The van der Waals surface area contributed by atoms with E-state index in [1.807, 2.05) is 0 Å². The highest BCUT2D eigenvalue weighted by Crippen LogP contribution is 1.97. The van der Waals surface area contributed by atoms with E-state index in [4.69, 9.17) is 10.8 Å². The smallest absolute Gasteiger partial charge is 0.326 e. The number of hydrogen-bond donors (Lipinski definition) is 4. The van der Waals surface area contributed by atoms with Crippen molar-refractivity contribution in [1.82, 2.24) is 10.6 Å². The fourth-order valence-corrected chi connectivity index (χ4v) is 1.06. The number of nitrogens with one attached hydrogen (secondary N) is 2. The van der Waals surface area contributed by atoms with Crippen LogP contribution in [0.15, 0.2) is 12.4 Å². The molecule has 0 aromatic rings. The second-order valence-corrected chi connectivity index (χ2v) is 3.19. The van der Waals surface area contributed by atoms with Crippen LogP contribution in [-0.2, 0) is 9.59 Å². The van der Waals surface area contributed by atoms with Crippen LogP contribution in [-0.4, -0.2) is 29.6 Å². The number of amides is 1. The molecule has 5 N–H and O–H groups in total. The summed E-state index contributed by atoms with van der Waals surface area (Å²) in [4.78, 5) is 21.4. The van der Waals surface area contributed by atoms with Crippen LogP contribution < -0.4 is 16.4 Å². The Bertz CT molecular complexity index is 253. The molecule has 0 radical (unpaired) electrons. The van der Waals surface area contributed by atoms with Crippen molar-refractivity contribution in [3.05, 3.63) is 12.4 Å². The molecule has 1 unspecified atom stereocenters. The van der Waals surface area contributed by atoms with Gasteiger partial charge in [-0.2, -0.15) is 0 Å². The summed E-state index contributed by atoms with van der Waals surface area (Å²) in [6, 6.07) is -0.838. The molecule has 0 aliphatic rings. The average molecular weight is 215 g/mol. The third kappa shape index (κ3) is 7.36. The third-order valence-corrected chi connectivity index (χ3v) is 1.70. The molecule has 0 aliphatic carbocycles. The van der Waals surface area contributed by atoms with Gasteiger partial charge in [0.25, 0.3) is 0 Å². The van der Waals surface area contributed by atoms with Crippen LogP contribution in [0.5, 0.6) is 0 Å². The number of carbonyl (C=O) groups is 2. The molecular formula is C9H17N3O3. The van der Waals surface area contributed by atoms with Gasteiger partial charge in [0.2, 0.25) is 5.91 Å². The van der Waals surface area contributed by atoms with Gasteiger partial charge in [0, 0.05) is 13.5 Å². The van der Waals surface area contributed by atoms with Gasteiger partial charge in [-0.15, -0.1) is 0 Å². The minimum absolute atomic E-state index is 0.349. The quantitative estimate of drug-likeness (QED) is 0.423. The number of hydrogen-bond acceptors (Lipinski definition) is 4. The summed E-state index contributed by atoms with van der Waals surface area (Å²) in [6.45, 7) is 5.26. The van der Waals surface area contributed by atoms with Gasteiger partial charge in [0.15, 0.2) is 0 Å². The standard InChI is InChI=1S/C9H17N3O3/c1-6(10)11-5-3-4-8(9(14)15)12-7(2)13/h8,11H,1,3-5,10H2,2H3,(H,12,13)(H,14,15). The van der Waals surface area contributed by atoms with Crippen molar-refractivity contribution < 1.29 is 14.7 Å². The SMILES string of the molecule is C=C(N)NCCCC(NC(C)=O)C(=O)O. The fourth-order valence-electron chi connectivity index (χ4n) is 1.06. The van der Waals surface area contributed by atoms with Gasteiger partial charge in [0.05, 0.1) is 5.82 Å². The average Bonchev–Trinajstić information content (AvgIpc) is 2.08. The van der Waals surface area contributed by atoms with E-state index in [0.29, 0.717) is 25.2 Å². The van der Waals surface area contributed by atoms with Crippen molar-refractivity contribution >= 4 is 11.9 Å². The number of rotatable bonds is 7. The van der Waals surface area contributed by atoms with E-state index in [2.05, 4.69) is 17.2 Å². The number of nitrogens with two attached hydrogens (primary N) is 1. The molecule has 0 aromatic heterocycles. The zero-order chi connectivity index (χ0) is 11.8. The van der Waals surface area contributed by atoms with E-state index in [1.165, 1.54) is 6.92 Å². The third-order valence-electron chi connectivity index (χ3n) is 1.70. The van der Waals surface area contributed by atoms with E-state index < -0.39 is 12.0 Å². The molecule has 86 valence electrons. The van der Waals surface area contributed by atoms with Crippen LogP contribution >= 0.6 is 0 Å². The lowest BCUT2D eigenvalue weighted by molar-refractivity contribution is -0.141. The van der Waals surface area contributed by atoms with E-state index >= 15 is 0 Å². The number of aliphatic carboxylic acids is 1. The second-order valence-electron chi connectivity index (χ2n) is 3.19. The summed E-state index contributed by atoms with van der Waals surface area (Å²) < 4.78 is 0. The van der Waals surface area contributed by atoms with E-state index in [1.54, 1.807) is 0 Å². The zero-order valence-electron chi connectivity index (χ0n) is 8.75. The molecule has 0 aliphatic heterocycles. The Morgan fingerprint density at radius 3 is 2.53 bits per heavy atom. The Kier molecular flexibility index (Phi) is 5.92. The Balaban J connectivity index is 3.81. The molecule has 1 amide bonds. The van der Waals surface area contributed by atoms with E-state index in [-0.39, 0.29) is 5.91 Å². The topological polar surface area (TPSA) is 104 Å². The molecule has 0 spiro atoms. The van der Waals surface area contributed by atoms with Gasteiger partial charge in [-0.1, -0.05) is 6.58 Å². The highest BCUT2D eigenvalue weighted by atomic mass is 16.4. The van der Waals surface area contributed by atoms with Gasteiger partial charge >= 0.3 is 5.97 Å². The minimum atomic E-state index is -1.03. The largest absolute Gasteiger partial charge is 0.480 e. The summed E-state index contributed by atoms with van der Waals surface area (Å²) in [5, 5.41) is 13.9. The monoisotopic (exact) mass is 215 g/mol. The number of carboxylic acids is 1. The molecule has 0 rings (SSSR count). The molecule has 1 atom stereocenters. The normalized spacial score (nSPS) is 11.5. The highest BCUT2D eigenvalue weighted by molar-refractivity contribution is 5.81. The van der Waals surface area contributed by atoms with Crippen molar-refractivity contribution in [3.8, 4) is 0 Å². The van der Waals surface area contributed by atoms with Crippen LogP contribution in [0.1, 0.15) is 19.8 Å². The molecule has 0 aromatic carbocycles. The fraction of sp³-hybridized carbons (Fsp3) is 0.556. The van der Waals surface area contributed by atoms with Gasteiger partial charge in [-0.25, -0.2) is 4.79 Å². The molecule has 0 heterocycles. The lowest BCUT2D eigenvalue weighted by Gasteiger charge is -2.13. The molecule has 0 bridgehead atoms. The summed E-state index contributed by atoms with van der Waals surface area (Å²) in [5.74, 6) is -1.03. The Hall–Kier alpha value is -1.72. The molecule has 0 fully saturated rings. The van der Waals surface area contributed by atoms with Crippen LogP contribution in [0.4, 0.5) is 0 Å². The molecule has 15 heavy (non-hydrogen) atoms. The first-order valence-electron chi connectivity index (χ1n) is 4.61. The van der Waals surface area contributed by atoms with Crippen molar-refractivity contribution in [3.63, 3.8) is 0 Å². The van der Waals surface area contributed by atoms with Crippen molar-refractivity contribution in [2.45, 2.75) is 25.8 Å². The van der Waals surface area contributed by atoms with E-state index in [0.717, 1.165) is 0 Å². The van der Waals surface area contributed by atoms with Crippen molar-refractivity contribution in [2.75, 3.05) is 6.54 Å².